The summed E-state index contributed by atoms with van der Waals surface area (Å²) in [6.07, 6.45) is 12.9. The standard InChI is InChI=1S/C36H52N2O5/c1-6-8-9-10-11-12-24-38(35(40)27-42-26-30-16-19-32(39)20-17-30)34-25-31(18-21-33(34)36(41)43-7-2)37-23-22-29(5)15-13-14-28(3)4/h14,16-22,25,37,39H,6-13,15,23-24,26-27H2,1-5H3. The minimum atomic E-state index is -0.454. The van der Waals surface area contributed by atoms with Gasteiger partial charge >= 0.3 is 5.97 Å². The summed E-state index contributed by atoms with van der Waals surface area (Å²) in [6, 6.07) is 12.2. The highest BCUT2D eigenvalue weighted by Gasteiger charge is 2.23. The molecule has 2 N–H and O–H groups in total. The lowest BCUT2D eigenvalue weighted by Crippen LogP contribution is -2.36. The molecule has 43 heavy (non-hydrogen) atoms. The lowest BCUT2D eigenvalue weighted by molar-refractivity contribution is -0.123. The van der Waals surface area contributed by atoms with Gasteiger partial charge in [0.2, 0.25) is 0 Å². The molecule has 0 aromatic heterocycles. The molecule has 0 atom stereocenters. The summed E-state index contributed by atoms with van der Waals surface area (Å²) in [5.74, 6) is -0.492. The first-order chi connectivity index (χ1) is 20.7. The van der Waals surface area contributed by atoms with Crippen molar-refractivity contribution >= 4 is 23.3 Å². The van der Waals surface area contributed by atoms with Crippen LogP contribution >= 0.6 is 0 Å². The molecule has 0 fully saturated rings. The molecule has 0 saturated carbocycles. The van der Waals surface area contributed by atoms with Crippen LogP contribution in [0.15, 0.2) is 65.8 Å². The number of carbonyl (C=O) groups excluding carboxylic acids is 2. The molecule has 0 unspecified atom stereocenters. The summed E-state index contributed by atoms with van der Waals surface area (Å²) >= 11 is 0. The second-order valence-corrected chi connectivity index (χ2v) is 11.2. The highest BCUT2D eigenvalue weighted by Crippen LogP contribution is 2.27. The number of benzene rings is 2. The highest BCUT2D eigenvalue weighted by atomic mass is 16.5. The molecule has 0 aliphatic rings. The number of aromatic hydroxyl groups is 1. The van der Waals surface area contributed by atoms with E-state index in [0.29, 0.717) is 24.3 Å². The normalized spacial score (nSPS) is 11.2. The van der Waals surface area contributed by atoms with E-state index >= 15 is 0 Å². The number of carbonyl (C=O) groups is 2. The average molecular weight is 593 g/mol. The first-order valence-electron chi connectivity index (χ1n) is 15.7. The summed E-state index contributed by atoms with van der Waals surface area (Å²) in [7, 11) is 0. The maximum Gasteiger partial charge on any atom is 0.340 e. The number of nitrogens with one attached hydrogen (secondary N) is 1. The SMILES string of the molecule is CCCCCCCCN(C(=O)COCc1ccc(O)cc1)c1cc(NCC=C(C)CCC=C(C)C)ccc1C(=O)OCC. The van der Waals surface area contributed by atoms with Gasteiger partial charge in [-0.15, -0.1) is 0 Å². The number of ether oxygens (including phenoxy) is 2. The topological polar surface area (TPSA) is 88.1 Å². The fourth-order valence-electron chi connectivity index (χ4n) is 4.64. The zero-order valence-corrected chi connectivity index (χ0v) is 26.9. The van der Waals surface area contributed by atoms with Crippen LogP contribution < -0.4 is 10.2 Å². The molecule has 0 bridgehead atoms. The Bertz CT molecular complexity index is 1180. The second-order valence-electron chi connectivity index (χ2n) is 11.2. The highest BCUT2D eigenvalue weighted by molar-refractivity contribution is 6.03. The van der Waals surface area contributed by atoms with Crippen LogP contribution in [0, 0.1) is 0 Å². The van der Waals surface area contributed by atoms with Gasteiger partial charge in [-0.25, -0.2) is 4.79 Å². The smallest absolute Gasteiger partial charge is 0.340 e. The first-order valence-corrected chi connectivity index (χ1v) is 15.7. The predicted octanol–water partition coefficient (Wildman–Crippen LogP) is 8.58. The van der Waals surface area contributed by atoms with Crippen LogP contribution in [0.1, 0.15) is 102 Å². The van der Waals surface area contributed by atoms with Crippen LogP contribution in [0.25, 0.3) is 0 Å². The van der Waals surface area contributed by atoms with Crippen LogP contribution in [0.4, 0.5) is 11.4 Å². The number of esters is 1. The van der Waals surface area contributed by atoms with Gasteiger partial charge in [0.1, 0.15) is 12.4 Å². The number of allylic oxidation sites excluding steroid dienone is 3. The summed E-state index contributed by atoms with van der Waals surface area (Å²) < 4.78 is 11.1. The molecular weight excluding hydrogens is 540 g/mol. The van der Waals surface area contributed by atoms with Crippen LogP contribution in [-0.2, 0) is 20.9 Å². The second kappa shape index (κ2) is 20.3. The molecule has 0 aliphatic carbocycles. The number of rotatable bonds is 20. The zero-order chi connectivity index (χ0) is 31.5. The first kappa shape index (κ1) is 35.6. The van der Waals surface area contributed by atoms with E-state index in [9.17, 15) is 14.7 Å². The third kappa shape index (κ3) is 14.0. The predicted molar refractivity (Wildman–Crippen MR) is 177 cm³/mol. The van der Waals surface area contributed by atoms with Gasteiger partial charge in [0.15, 0.2) is 0 Å². The van der Waals surface area contributed by atoms with E-state index < -0.39 is 5.97 Å². The lowest BCUT2D eigenvalue weighted by atomic mass is 10.1. The molecule has 0 spiro atoms. The van der Waals surface area contributed by atoms with Crippen molar-refractivity contribution in [2.24, 2.45) is 0 Å². The summed E-state index contributed by atoms with van der Waals surface area (Å²) in [6.45, 7) is 11.8. The molecule has 0 saturated heterocycles. The molecular formula is C36H52N2O5. The van der Waals surface area contributed by atoms with Gasteiger partial charge in [-0.1, -0.05) is 74.5 Å². The number of hydrogen-bond acceptors (Lipinski definition) is 6. The largest absolute Gasteiger partial charge is 0.508 e. The summed E-state index contributed by atoms with van der Waals surface area (Å²) in [5.41, 5.74) is 5.20. The fraction of sp³-hybridized carbons (Fsp3) is 0.500. The van der Waals surface area contributed by atoms with E-state index in [1.54, 1.807) is 42.2 Å². The Hall–Kier alpha value is -3.58. The van der Waals surface area contributed by atoms with E-state index in [-0.39, 0.29) is 31.5 Å². The molecule has 7 nitrogen and oxygen atoms in total. The number of nitrogens with zero attached hydrogens (tertiary/aromatic N) is 1. The Morgan fingerprint density at radius 3 is 2.35 bits per heavy atom. The Labute approximate surface area is 259 Å². The number of unbranched alkanes of at least 4 members (excludes halogenated alkanes) is 5. The van der Waals surface area contributed by atoms with Crippen molar-refractivity contribution in [1.29, 1.82) is 0 Å². The van der Waals surface area contributed by atoms with Gasteiger partial charge in [0, 0.05) is 18.8 Å². The lowest BCUT2D eigenvalue weighted by Gasteiger charge is -2.26. The van der Waals surface area contributed by atoms with Crippen molar-refractivity contribution < 1.29 is 24.2 Å². The van der Waals surface area contributed by atoms with Gasteiger partial charge in [0.25, 0.3) is 5.91 Å². The maximum atomic E-state index is 13.6. The Morgan fingerprint density at radius 2 is 1.65 bits per heavy atom. The van der Waals surface area contributed by atoms with Crippen molar-refractivity contribution in [2.75, 3.05) is 36.5 Å². The van der Waals surface area contributed by atoms with Gasteiger partial charge in [-0.05, 0) is 82.9 Å². The van der Waals surface area contributed by atoms with Crippen molar-refractivity contribution in [3.8, 4) is 5.75 Å². The third-order valence-corrected chi connectivity index (χ3v) is 7.10. The number of anilines is 2. The molecule has 2 aromatic carbocycles. The molecule has 2 aromatic rings. The van der Waals surface area contributed by atoms with E-state index in [0.717, 1.165) is 43.4 Å². The van der Waals surface area contributed by atoms with Gasteiger partial charge in [-0.3, -0.25) is 4.79 Å². The van der Waals surface area contributed by atoms with E-state index in [1.807, 2.05) is 12.1 Å². The van der Waals surface area contributed by atoms with Gasteiger partial charge in [0.05, 0.1) is 24.5 Å². The Balaban J connectivity index is 2.24. The Morgan fingerprint density at radius 1 is 0.930 bits per heavy atom. The summed E-state index contributed by atoms with van der Waals surface area (Å²) in [5, 5.41) is 13.0. The molecule has 7 heteroatoms. The van der Waals surface area contributed by atoms with Crippen molar-refractivity contribution in [2.45, 2.75) is 92.6 Å². The molecule has 236 valence electrons. The van der Waals surface area contributed by atoms with E-state index in [4.69, 9.17) is 9.47 Å². The summed E-state index contributed by atoms with van der Waals surface area (Å²) in [4.78, 5) is 28.3. The minimum absolute atomic E-state index is 0.135. The van der Waals surface area contributed by atoms with Crippen LogP contribution in [0.3, 0.4) is 0 Å². The van der Waals surface area contributed by atoms with Crippen molar-refractivity contribution in [1.82, 2.24) is 0 Å². The van der Waals surface area contributed by atoms with Crippen LogP contribution in [-0.4, -0.2) is 43.3 Å². The number of phenols is 1. The van der Waals surface area contributed by atoms with E-state index in [1.165, 1.54) is 30.4 Å². The minimum Gasteiger partial charge on any atom is -0.508 e. The molecule has 2 rings (SSSR count). The third-order valence-electron chi connectivity index (χ3n) is 7.10. The number of phenolic OH excluding ortho intramolecular Hbond substituents is 1. The van der Waals surface area contributed by atoms with Crippen LogP contribution in [0.2, 0.25) is 0 Å². The molecule has 0 aliphatic heterocycles. The van der Waals surface area contributed by atoms with Gasteiger partial charge in [-0.2, -0.15) is 0 Å². The molecule has 0 heterocycles. The average Bonchev–Trinajstić information content (AvgIpc) is 2.97. The van der Waals surface area contributed by atoms with E-state index in [2.05, 4.69) is 45.2 Å². The maximum absolute atomic E-state index is 13.6. The number of hydrogen-bond donors (Lipinski definition) is 2. The Kier molecular flexibility index (Phi) is 16.9. The van der Waals surface area contributed by atoms with Gasteiger partial charge < -0.3 is 24.8 Å². The quantitative estimate of drug-likeness (QED) is 0.0909. The van der Waals surface area contributed by atoms with Crippen LogP contribution in [0.5, 0.6) is 5.75 Å². The van der Waals surface area contributed by atoms with Crippen molar-refractivity contribution in [3.05, 3.63) is 76.9 Å². The number of amides is 1. The zero-order valence-electron chi connectivity index (χ0n) is 26.9. The molecule has 1 amide bonds. The van der Waals surface area contributed by atoms with Crippen molar-refractivity contribution in [3.63, 3.8) is 0 Å². The fourth-order valence-corrected chi connectivity index (χ4v) is 4.64. The monoisotopic (exact) mass is 592 g/mol. The molecule has 0 radical (unpaired) electrons.